The molecule has 41 heavy (non-hydrogen) atoms. The lowest BCUT2D eigenvalue weighted by molar-refractivity contribution is -0.254. The smallest absolute Gasteiger partial charge is 0.312 e. The quantitative estimate of drug-likeness (QED) is 0.280. The SMILES string of the molecule is C=C(CO)[C@@H]1CC[C@]2(C(=O)OCC3CCCO3)CC[C@]3(C)C(CCC4[C@@]5(C)CC[C@H](O)[C@@](C)(CO)C5CC[C@]43C)C12. The zero-order valence-corrected chi connectivity index (χ0v) is 26.1. The molecule has 5 saturated carbocycles. The summed E-state index contributed by atoms with van der Waals surface area (Å²) < 4.78 is 11.9. The van der Waals surface area contributed by atoms with Gasteiger partial charge in [0, 0.05) is 12.0 Å². The van der Waals surface area contributed by atoms with Crippen LogP contribution in [0.3, 0.4) is 0 Å². The third kappa shape index (κ3) is 4.05. The lowest BCUT2D eigenvalue weighted by Gasteiger charge is -2.72. The molecule has 0 amide bonds. The molecule has 1 aliphatic heterocycles. The van der Waals surface area contributed by atoms with Crippen LogP contribution in [-0.2, 0) is 14.3 Å². The molecule has 6 fully saturated rings. The van der Waals surface area contributed by atoms with Crippen molar-refractivity contribution in [2.24, 2.45) is 56.7 Å². The van der Waals surface area contributed by atoms with Gasteiger partial charge in [0.25, 0.3) is 0 Å². The fraction of sp³-hybridized carbons (Fsp3) is 0.914. The third-order valence-corrected chi connectivity index (χ3v) is 15.1. The van der Waals surface area contributed by atoms with E-state index in [1.54, 1.807) is 0 Å². The molecule has 0 aromatic carbocycles. The molecule has 0 aromatic heterocycles. The second-order valence-electron chi connectivity index (χ2n) is 16.3. The Morgan fingerprint density at radius 2 is 1.68 bits per heavy atom. The van der Waals surface area contributed by atoms with Crippen molar-refractivity contribution in [3.05, 3.63) is 12.2 Å². The van der Waals surface area contributed by atoms with Crippen LogP contribution in [0.25, 0.3) is 0 Å². The number of carbonyl (C=O) groups is 1. The molecule has 1 saturated heterocycles. The monoisotopic (exact) mass is 572 g/mol. The van der Waals surface area contributed by atoms with Crippen molar-refractivity contribution in [3.63, 3.8) is 0 Å². The molecule has 0 spiro atoms. The molecule has 12 atom stereocenters. The molecule has 1 heterocycles. The fourth-order valence-electron chi connectivity index (χ4n) is 12.6. The van der Waals surface area contributed by atoms with Gasteiger partial charge in [-0.05, 0) is 128 Å². The molecular formula is C35H56O6. The Morgan fingerprint density at radius 3 is 2.37 bits per heavy atom. The van der Waals surface area contributed by atoms with Crippen LogP contribution in [-0.4, -0.2) is 59.9 Å². The summed E-state index contributed by atoms with van der Waals surface area (Å²) in [6.45, 7) is 15.2. The molecule has 3 N–H and O–H groups in total. The van der Waals surface area contributed by atoms with Gasteiger partial charge in [-0.25, -0.2) is 0 Å². The van der Waals surface area contributed by atoms with Crippen molar-refractivity contribution in [3.8, 4) is 0 Å². The number of carbonyl (C=O) groups excluding carboxylic acids is 1. The first-order valence-corrected chi connectivity index (χ1v) is 16.8. The molecule has 6 rings (SSSR count). The van der Waals surface area contributed by atoms with Gasteiger partial charge in [0.05, 0.1) is 30.8 Å². The van der Waals surface area contributed by atoms with Crippen LogP contribution in [0.1, 0.15) is 105 Å². The van der Waals surface area contributed by atoms with E-state index in [4.69, 9.17) is 9.47 Å². The van der Waals surface area contributed by atoms with Gasteiger partial charge >= 0.3 is 5.97 Å². The van der Waals surface area contributed by atoms with Gasteiger partial charge in [-0.3, -0.25) is 4.79 Å². The maximum Gasteiger partial charge on any atom is 0.312 e. The summed E-state index contributed by atoms with van der Waals surface area (Å²) >= 11 is 0. The summed E-state index contributed by atoms with van der Waals surface area (Å²) in [5, 5.41) is 31.8. The Bertz CT molecular complexity index is 1040. The second kappa shape index (κ2) is 10.3. The summed E-state index contributed by atoms with van der Waals surface area (Å²) in [5.74, 6) is 1.48. The van der Waals surface area contributed by atoms with Crippen molar-refractivity contribution in [2.45, 2.75) is 117 Å². The van der Waals surface area contributed by atoms with Gasteiger partial charge in [0.2, 0.25) is 0 Å². The molecule has 6 nitrogen and oxygen atoms in total. The first-order chi connectivity index (χ1) is 19.4. The number of aliphatic hydroxyl groups excluding tert-OH is 3. The first kappa shape index (κ1) is 30.1. The average molecular weight is 573 g/mol. The zero-order chi connectivity index (χ0) is 29.4. The summed E-state index contributed by atoms with van der Waals surface area (Å²) in [6, 6.07) is 0. The minimum absolute atomic E-state index is 0.0205. The molecule has 6 aliphatic rings. The molecule has 0 bridgehead atoms. The molecule has 232 valence electrons. The lowest BCUT2D eigenvalue weighted by Crippen LogP contribution is -2.67. The topological polar surface area (TPSA) is 96.2 Å². The van der Waals surface area contributed by atoms with Gasteiger partial charge < -0.3 is 24.8 Å². The van der Waals surface area contributed by atoms with Crippen LogP contribution >= 0.6 is 0 Å². The number of hydrogen-bond acceptors (Lipinski definition) is 6. The van der Waals surface area contributed by atoms with E-state index >= 15 is 0 Å². The largest absolute Gasteiger partial charge is 0.462 e. The number of hydrogen-bond donors (Lipinski definition) is 3. The number of esters is 1. The highest BCUT2D eigenvalue weighted by molar-refractivity contribution is 5.78. The standard InChI is InChI=1S/C35H56O6/c1-22(19-36)24-10-15-35(30(39)41-20-23-7-6-18-40-23)17-16-33(4)25(29(24)35)8-9-27-31(2)13-12-28(38)32(3,21-37)26(31)11-14-34(27,33)5/h23-29,36-38H,1,6-21H2,2-5H3/t23?,24-,25?,26?,27?,28-,29?,31-,32-,33+,34+,35-/m0/s1. The van der Waals surface area contributed by atoms with Gasteiger partial charge in [-0.1, -0.05) is 34.3 Å². The number of fused-ring (bicyclic) bond motifs is 7. The lowest BCUT2D eigenvalue weighted by atomic mass is 9.32. The van der Waals surface area contributed by atoms with Crippen LogP contribution < -0.4 is 0 Å². The Labute approximate surface area is 247 Å². The van der Waals surface area contributed by atoms with Crippen LogP contribution in [0.15, 0.2) is 12.2 Å². The summed E-state index contributed by atoms with van der Waals surface area (Å²) in [6.07, 6.45) is 11.3. The Morgan fingerprint density at radius 1 is 0.902 bits per heavy atom. The zero-order valence-electron chi connectivity index (χ0n) is 26.1. The van der Waals surface area contributed by atoms with Crippen LogP contribution in [0.4, 0.5) is 0 Å². The van der Waals surface area contributed by atoms with Gasteiger partial charge in [-0.15, -0.1) is 0 Å². The van der Waals surface area contributed by atoms with Gasteiger partial charge in [0.1, 0.15) is 6.61 Å². The molecule has 0 aromatic rings. The van der Waals surface area contributed by atoms with Crippen molar-refractivity contribution < 1.29 is 29.6 Å². The Hall–Kier alpha value is -0.950. The predicted octanol–water partition coefficient (Wildman–Crippen LogP) is 5.67. The molecule has 6 heteroatoms. The van der Waals surface area contributed by atoms with E-state index in [1.165, 1.54) is 0 Å². The normalized spacial score (nSPS) is 52.6. The van der Waals surface area contributed by atoms with Gasteiger partial charge in [-0.2, -0.15) is 0 Å². The minimum Gasteiger partial charge on any atom is -0.462 e. The van der Waals surface area contributed by atoms with Crippen molar-refractivity contribution >= 4 is 5.97 Å². The highest BCUT2D eigenvalue weighted by Crippen LogP contribution is 2.77. The molecule has 5 unspecified atom stereocenters. The minimum atomic E-state index is -0.500. The van der Waals surface area contributed by atoms with E-state index in [2.05, 4.69) is 34.3 Å². The van der Waals surface area contributed by atoms with Gasteiger partial charge in [0.15, 0.2) is 0 Å². The number of ether oxygens (including phenoxy) is 2. The third-order valence-electron chi connectivity index (χ3n) is 15.1. The highest BCUT2D eigenvalue weighted by Gasteiger charge is 2.72. The van der Waals surface area contributed by atoms with E-state index in [-0.39, 0.29) is 53.4 Å². The molecule has 0 radical (unpaired) electrons. The fourth-order valence-corrected chi connectivity index (χ4v) is 12.6. The summed E-state index contributed by atoms with van der Waals surface area (Å²) in [5.41, 5.74) is 0.195. The van der Waals surface area contributed by atoms with E-state index < -0.39 is 16.9 Å². The van der Waals surface area contributed by atoms with E-state index in [0.29, 0.717) is 24.4 Å². The number of rotatable bonds is 6. The average Bonchev–Trinajstić information content (AvgIpc) is 3.63. The van der Waals surface area contributed by atoms with Crippen molar-refractivity contribution in [1.29, 1.82) is 0 Å². The van der Waals surface area contributed by atoms with Crippen LogP contribution in [0.5, 0.6) is 0 Å². The molecule has 5 aliphatic carbocycles. The van der Waals surface area contributed by atoms with Crippen LogP contribution in [0, 0.1) is 56.7 Å². The Balaban J connectivity index is 1.34. The maximum absolute atomic E-state index is 14.1. The summed E-state index contributed by atoms with van der Waals surface area (Å²) in [7, 11) is 0. The van der Waals surface area contributed by atoms with E-state index in [1.807, 2.05) is 0 Å². The van der Waals surface area contributed by atoms with E-state index in [9.17, 15) is 20.1 Å². The van der Waals surface area contributed by atoms with Crippen molar-refractivity contribution in [2.75, 3.05) is 26.4 Å². The number of aliphatic hydroxyl groups is 3. The van der Waals surface area contributed by atoms with Crippen molar-refractivity contribution in [1.82, 2.24) is 0 Å². The first-order valence-electron chi connectivity index (χ1n) is 16.8. The highest BCUT2D eigenvalue weighted by atomic mass is 16.6. The summed E-state index contributed by atoms with van der Waals surface area (Å²) in [4.78, 5) is 14.1. The molecular weight excluding hydrogens is 516 g/mol. The Kier molecular flexibility index (Phi) is 7.57. The predicted molar refractivity (Wildman–Crippen MR) is 158 cm³/mol. The van der Waals surface area contributed by atoms with Crippen LogP contribution in [0.2, 0.25) is 0 Å². The van der Waals surface area contributed by atoms with E-state index in [0.717, 1.165) is 89.2 Å². The maximum atomic E-state index is 14.1. The second-order valence-corrected chi connectivity index (χ2v) is 16.3.